The van der Waals surface area contributed by atoms with Crippen LogP contribution in [0.1, 0.15) is 46.0 Å². The summed E-state index contributed by atoms with van der Waals surface area (Å²) in [6, 6.07) is 0.241. The number of methoxy groups -OCH3 is 1. The van der Waals surface area contributed by atoms with Crippen molar-refractivity contribution in [3.05, 3.63) is 0 Å². The van der Waals surface area contributed by atoms with Crippen molar-refractivity contribution >= 4 is 5.91 Å². The summed E-state index contributed by atoms with van der Waals surface area (Å²) < 4.78 is 5.32. The van der Waals surface area contributed by atoms with E-state index in [1.165, 1.54) is 0 Å². The van der Waals surface area contributed by atoms with Crippen molar-refractivity contribution < 1.29 is 9.53 Å². The lowest BCUT2D eigenvalue weighted by Gasteiger charge is -2.33. The van der Waals surface area contributed by atoms with Crippen LogP contribution in [0.5, 0.6) is 0 Å². The van der Waals surface area contributed by atoms with Gasteiger partial charge in [0.1, 0.15) is 0 Å². The first-order chi connectivity index (χ1) is 8.54. The Kier molecular flexibility index (Phi) is 6.65. The highest BCUT2D eigenvalue weighted by Gasteiger charge is 2.25. The number of rotatable bonds is 6. The molecule has 2 atom stereocenters. The predicted octanol–water partition coefficient (Wildman–Crippen LogP) is 1.78. The summed E-state index contributed by atoms with van der Waals surface area (Å²) in [7, 11) is 1.75. The van der Waals surface area contributed by atoms with E-state index in [1.807, 2.05) is 18.7 Å². The molecule has 1 rings (SSSR count). The molecule has 0 aromatic rings. The second kappa shape index (κ2) is 7.74. The second-order valence-electron chi connectivity index (χ2n) is 5.57. The van der Waals surface area contributed by atoms with Gasteiger partial charge in [0.15, 0.2) is 0 Å². The fourth-order valence-corrected chi connectivity index (χ4v) is 2.49. The number of piperidine rings is 1. The summed E-state index contributed by atoms with van der Waals surface area (Å²) in [6.07, 6.45) is 5.26. The predicted molar refractivity (Wildman–Crippen MR) is 73.3 cm³/mol. The van der Waals surface area contributed by atoms with Gasteiger partial charge in [-0.1, -0.05) is 13.3 Å². The minimum absolute atomic E-state index is 0.128. The minimum Gasteiger partial charge on any atom is -0.381 e. The van der Waals surface area contributed by atoms with Crippen molar-refractivity contribution in [2.75, 3.05) is 20.2 Å². The minimum atomic E-state index is 0.128. The summed E-state index contributed by atoms with van der Waals surface area (Å²) in [4.78, 5) is 14.2. The molecule has 1 saturated heterocycles. The van der Waals surface area contributed by atoms with E-state index >= 15 is 0 Å². The van der Waals surface area contributed by atoms with E-state index in [2.05, 4.69) is 0 Å². The van der Waals surface area contributed by atoms with Crippen LogP contribution in [0.25, 0.3) is 0 Å². The van der Waals surface area contributed by atoms with Gasteiger partial charge in [0.25, 0.3) is 0 Å². The van der Waals surface area contributed by atoms with Crippen molar-refractivity contribution in [3.63, 3.8) is 0 Å². The lowest BCUT2D eigenvalue weighted by Crippen LogP contribution is -2.43. The molecule has 106 valence electrons. The van der Waals surface area contributed by atoms with Crippen molar-refractivity contribution in [2.24, 2.45) is 11.7 Å². The van der Waals surface area contributed by atoms with E-state index in [9.17, 15) is 4.79 Å². The largest absolute Gasteiger partial charge is 0.381 e. The Morgan fingerprint density at radius 2 is 1.94 bits per heavy atom. The van der Waals surface area contributed by atoms with Gasteiger partial charge in [0, 0.05) is 32.2 Å². The molecule has 1 heterocycles. The molecule has 0 saturated carbocycles. The van der Waals surface area contributed by atoms with E-state index in [1.54, 1.807) is 7.11 Å². The lowest BCUT2D eigenvalue weighted by molar-refractivity contribution is -0.137. The topological polar surface area (TPSA) is 55.6 Å². The summed E-state index contributed by atoms with van der Waals surface area (Å²) in [5.41, 5.74) is 5.72. The highest BCUT2D eigenvalue weighted by molar-refractivity contribution is 5.78. The van der Waals surface area contributed by atoms with Crippen LogP contribution in [0.4, 0.5) is 0 Å². The van der Waals surface area contributed by atoms with Gasteiger partial charge >= 0.3 is 0 Å². The molecule has 0 aromatic heterocycles. The molecule has 4 nitrogen and oxygen atoms in total. The average Bonchev–Trinajstić information content (AvgIpc) is 2.37. The summed E-state index contributed by atoms with van der Waals surface area (Å²) >= 11 is 0. The highest BCUT2D eigenvalue weighted by Crippen LogP contribution is 2.18. The van der Waals surface area contributed by atoms with Crippen molar-refractivity contribution in [2.45, 2.75) is 58.1 Å². The van der Waals surface area contributed by atoms with Gasteiger partial charge in [-0.05, 0) is 32.6 Å². The zero-order valence-corrected chi connectivity index (χ0v) is 12.0. The monoisotopic (exact) mass is 256 g/mol. The third kappa shape index (κ3) is 4.94. The molecule has 0 bridgehead atoms. The van der Waals surface area contributed by atoms with Gasteiger partial charge < -0.3 is 15.4 Å². The maximum absolute atomic E-state index is 12.2. The Morgan fingerprint density at radius 3 is 2.44 bits per heavy atom. The smallest absolute Gasteiger partial charge is 0.225 e. The fraction of sp³-hybridized carbons (Fsp3) is 0.929. The van der Waals surface area contributed by atoms with Crippen molar-refractivity contribution in [3.8, 4) is 0 Å². The van der Waals surface area contributed by atoms with Crippen LogP contribution in [0.15, 0.2) is 0 Å². The van der Waals surface area contributed by atoms with Crippen LogP contribution < -0.4 is 5.73 Å². The first kappa shape index (κ1) is 15.4. The number of nitrogens with two attached hydrogens (primary N) is 1. The summed E-state index contributed by atoms with van der Waals surface area (Å²) in [5.74, 6) is 0.428. The molecule has 1 amide bonds. The molecule has 2 unspecified atom stereocenters. The van der Waals surface area contributed by atoms with Crippen molar-refractivity contribution in [1.29, 1.82) is 0 Å². The number of amides is 1. The highest BCUT2D eigenvalue weighted by atomic mass is 16.5. The van der Waals surface area contributed by atoms with Crippen LogP contribution in [-0.4, -0.2) is 43.2 Å². The standard InChI is InChI=1S/C14H28N2O2/c1-11(5-4-6-12(2)15)14(17)16-9-7-13(18-3)8-10-16/h11-13H,4-10,15H2,1-3H3. The maximum atomic E-state index is 12.2. The molecular weight excluding hydrogens is 228 g/mol. The Labute approximate surface area is 111 Å². The molecule has 0 aromatic carbocycles. The first-order valence-electron chi connectivity index (χ1n) is 7.11. The lowest BCUT2D eigenvalue weighted by atomic mass is 9.99. The number of likely N-dealkylation sites (tertiary alicyclic amines) is 1. The molecule has 1 aliphatic heterocycles. The van der Waals surface area contributed by atoms with E-state index < -0.39 is 0 Å². The molecule has 1 fully saturated rings. The van der Waals surface area contributed by atoms with Gasteiger partial charge in [-0.2, -0.15) is 0 Å². The SMILES string of the molecule is COC1CCN(C(=O)C(C)CCCC(C)N)CC1. The maximum Gasteiger partial charge on any atom is 0.225 e. The number of carbonyl (C=O) groups is 1. The molecule has 1 aliphatic rings. The van der Waals surface area contributed by atoms with Crippen LogP contribution in [0, 0.1) is 5.92 Å². The molecule has 0 radical (unpaired) electrons. The summed E-state index contributed by atoms with van der Waals surface area (Å²) in [6.45, 7) is 5.73. The first-order valence-corrected chi connectivity index (χ1v) is 7.11. The van der Waals surface area contributed by atoms with Gasteiger partial charge in [0.05, 0.1) is 6.10 Å². The van der Waals surface area contributed by atoms with Crippen LogP contribution >= 0.6 is 0 Å². The van der Waals surface area contributed by atoms with E-state index in [4.69, 9.17) is 10.5 Å². The van der Waals surface area contributed by atoms with E-state index in [0.29, 0.717) is 12.0 Å². The normalized spacial score (nSPS) is 20.8. The Balaban J connectivity index is 2.26. The van der Waals surface area contributed by atoms with Crippen LogP contribution in [0.3, 0.4) is 0 Å². The zero-order valence-electron chi connectivity index (χ0n) is 12.0. The zero-order chi connectivity index (χ0) is 13.5. The van der Waals surface area contributed by atoms with Gasteiger partial charge in [-0.25, -0.2) is 0 Å². The molecular formula is C14H28N2O2. The Hall–Kier alpha value is -0.610. The van der Waals surface area contributed by atoms with Gasteiger partial charge in [0.2, 0.25) is 5.91 Å². The molecule has 4 heteroatoms. The van der Waals surface area contributed by atoms with Crippen LogP contribution in [-0.2, 0) is 9.53 Å². The second-order valence-corrected chi connectivity index (χ2v) is 5.57. The molecule has 2 N–H and O–H groups in total. The molecule has 18 heavy (non-hydrogen) atoms. The van der Waals surface area contributed by atoms with Gasteiger partial charge in [-0.3, -0.25) is 4.79 Å². The summed E-state index contributed by atoms with van der Waals surface area (Å²) in [5, 5.41) is 0. The van der Waals surface area contributed by atoms with E-state index in [-0.39, 0.29) is 12.0 Å². The number of hydrogen-bond acceptors (Lipinski definition) is 3. The third-order valence-corrected chi connectivity index (χ3v) is 3.81. The Morgan fingerprint density at radius 1 is 1.33 bits per heavy atom. The number of nitrogens with zero attached hydrogens (tertiary/aromatic N) is 1. The van der Waals surface area contributed by atoms with E-state index in [0.717, 1.165) is 45.2 Å². The quantitative estimate of drug-likeness (QED) is 0.788. The third-order valence-electron chi connectivity index (χ3n) is 3.81. The average molecular weight is 256 g/mol. The number of ether oxygens (including phenoxy) is 1. The van der Waals surface area contributed by atoms with Crippen molar-refractivity contribution in [1.82, 2.24) is 4.90 Å². The molecule has 0 aliphatic carbocycles. The van der Waals surface area contributed by atoms with Crippen LogP contribution in [0.2, 0.25) is 0 Å². The molecule has 0 spiro atoms. The fourth-order valence-electron chi connectivity index (χ4n) is 2.49. The van der Waals surface area contributed by atoms with Gasteiger partial charge in [-0.15, -0.1) is 0 Å². The number of carbonyl (C=O) groups excluding carboxylic acids is 1. The Bertz CT molecular complexity index is 248. The number of hydrogen-bond donors (Lipinski definition) is 1.